The monoisotopic (exact) mass is 253 g/mol. The zero-order valence-electron chi connectivity index (χ0n) is 11.6. The van der Waals surface area contributed by atoms with Crippen molar-refractivity contribution in [2.24, 2.45) is 5.92 Å². The summed E-state index contributed by atoms with van der Waals surface area (Å²) < 4.78 is 6.34. The first-order chi connectivity index (χ1) is 8.65. The average Bonchev–Trinajstić information content (AvgIpc) is 2.88. The van der Waals surface area contributed by atoms with Gasteiger partial charge in [-0.3, -0.25) is 0 Å². The Morgan fingerprint density at radius 1 is 1.17 bits per heavy atom. The molecule has 1 saturated heterocycles. The Morgan fingerprint density at radius 2 is 1.89 bits per heavy atom. The molecule has 0 amide bonds. The van der Waals surface area contributed by atoms with Crippen LogP contribution in [0.2, 0.25) is 0 Å². The number of hydrogen-bond acceptors (Lipinski definition) is 3. The molecule has 1 unspecified atom stereocenters. The van der Waals surface area contributed by atoms with Crippen molar-refractivity contribution in [1.29, 1.82) is 0 Å². The fourth-order valence-electron chi connectivity index (χ4n) is 4.12. The maximum absolute atomic E-state index is 9.31. The highest BCUT2D eigenvalue weighted by Crippen LogP contribution is 2.43. The second-order valence-electron chi connectivity index (χ2n) is 6.88. The van der Waals surface area contributed by atoms with E-state index in [-0.39, 0.29) is 11.7 Å². The number of aliphatic hydroxyl groups is 1. The number of rotatable bonds is 4. The Bertz CT molecular complexity index is 282. The molecule has 0 aromatic heterocycles. The molecule has 2 saturated carbocycles. The van der Waals surface area contributed by atoms with Crippen molar-refractivity contribution < 1.29 is 9.84 Å². The van der Waals surface area contributed by atoms with Gasteiger partial charge in [-0.2, -0.15) is 0 Å². The molecule has 3 rings (SSSR count). The van der Waals surface area contributed by atoms with Crippen molar-refractivity contribution in [3.63, 3.8) is 0 Å². The molecular weight excluding hydrogens is 226 g/mol. The van der Waals surface area contributed by atoms with E-state index in [1.165, 1.54) is 38.5 Å². The van der Waals surface area contributed by atoms with Gasteiger partial charge >= 0.3 is 0 Å². The number of nitrogens with zero attached hydrogens (tertiary/aromatic N) is 1. The van der Waals surface area contributed by atoms with Crippen LogP contribution in [0.15, 0.2) is 0 Å². The van der Waals surface area contributed by atoms with Gasteiger partial charge in [0.15, 0.2) is 0 Å². The van der Waals surface area contributed by atoms with Crippen LogP contribution in [0.5, 0.6) is 0 Å². The molecular formula is C15H27NO2. The van der Waals surface area contributed by atoms with E-state index in [0.717, 1.165) is 25.9 Å². The number of likely N-dealkylation sites (N-methyl/N-ethyl adjacent to an activating group) is 1. The highest BCUT2D eigenvalue weighted by atomic mass is 16.5. The first-order valence-corrected chi connectivity index (χ1v) is 7.70. The van der Waals surface area contributed by atoms with Gasteiger partial charge in [0.2, 0.25) is 0 Å². The van der Waals surface area contributed by atoms with Crippen LogP contribution < -0.4 is 0 Å². The first kappa shape index (κ1) is 12.9. The molecule has 18 heavy (non-hydrogen) atoms. The average molecular weight is 253 g/mol. The molecule has 104 valence electrons. The first-order valence-electron chi connectivity index (χ1n) is 7.70. The van der Waals surface area contributed by atoms with Gasteiger partial charge in [0.1, 0.15) is 0 Å². The van der Waals surface area contributed by atoms with E-state index in [1.54, 1.807) is 0 Å². The lowest BCUT2D eigenvalue weighted by atomic mass is 9.82. The molecule has 0 aromatic rings. The third kappa shape index (κ3) is 2.73. The van der Waals surface area contributed by atoms with Gasteiger partial charge in [0.25, 0.3) is 0 Å². The third-order valence-electron chi connectivity index (χ3n) is 5.15. The van der Waals surface area contributed by atoms with Crippen LogP contribution in [0.25, 0.3) is 0 Å². The Morgan fingerprint density at radius 3 is 2.56 bits per heavy atom. The zero-order chi connectivity index (χ0) is 12.6. The van der Waals surface area contributed by atoms with E-state index in [2.05, 4.69) is 11.9 Å². The van der Waals surface area contributed by atoms with Crippen LogP contribution in [0.4, 0.5) is 0 Å². The molecule has 0 radical (unpaired) electrons. The molecule has 1 aliphatic heterocycles. The predicted octanol–water partition coefficient (Wildman–Crippen LogP) is 2.18. The molecule has 1 heterocycles. The summed E-state index contributed by atoms with van der Waals surface area (Å²) in [5, 5.41) is 9.31. The molecule has 0 aromatic carbocycles. The van der Waals surface area contributed by atoms with E-state index in [4.69, 9.17) is 4.74 Å². The molecule has 3 aliphatic rings. The Hall–Kier alpha value is -0.120. The van der Waals surface area contributed by atoms with Crippen molar-refractivity contribution in [3.05, 3.63) is 0 Å². The van der Waals surface area contributed by atoms with Crippen LogP contribution >= 0.6 is 0 Å². The maximum Gasteiger partial charge on any atom is 0.0710 e. The summed E-state index contributed by atoms with van der Waals surface area (Å²) in [5.41, 5.74) is 0.276. The van der Waals surface area contributed by atoms with Crippen molar-refractivity contribution in [1.82, 2.24) is 4.90 Å². The van der Waals surface area contributed by atoms with Gasteiger partial charge in [0, 0.05) is 13.1 Å². The molecule has 2 aliphatic carbocycles. The molecule has 3 fully saturated rings. The van der Waals surface area contributed by atoms with Gasteiger partial charge in [-0.1, -0.05) is 12.8 Å². The summed E-state index contributed by atoms with van der Waals surface area (Å²) in [5.74, 6) is 0.715. The lowest BCUT2D eigenvalue weighted by Crippen LogP contribution is -2.40. The van der Waals surface area contributed by atoms with Gasteiger partial charge < -0.3 is 14.7 Å². The van der Waals surface area contributed by atoms with Crippen LogP contribution in [0.1, 0.15) is 51.4 Å². The fraction of sp³-hybridized carbons (Fsp3) is 1.00. The minimum absolute atomic E-state index is 0.0205. The van der Waals surface area contributed by atoms with Crippen molar-refractivity contribution in [2.45, 2.75) is 69.2 Å². The summed E-state index contributed by atoms with van der Waals surface area (Å²) in [6, 6.07) is 0. The van der Waals surface area contributed by atoms with Crippen LogP contribution in [0.3, 0.4) is 0 Å². The third-order valence-corrected chi connectivity index (χ3v) is 5.15. The highest BCUT2D eigenvalue weighted by molar-refractivity contribution is 4.93. The number of ether oxygens (including phenoxy) is 1. The predicted molar refractivity (Wildman–Crippen MR) is 71.5 cm³/mol. The minimum atomic E-state index is -0.0205. The topological polar surface area (TPSA) is 32.7 Å². The normalized spacial score (nSPS) is 38.5. The lowest BCUT2D eigenvalue weighted by molar-refractivity contribution is -0.0494. The van der Waals surface area contributed by atoms with Gasteiger partial charge in [0.05, 0.1) is 17.8 Å². The standard InChI is InChI=1S/C15H27NO2/c1-16(10-12-8-13(17)9-12)11-14-4-7-15(18-14)5-2-3-6-15/h12-14,17H,2-11H2,1H3. The molecule has 1 atom stereocenters. The largest absolute Gasteiger partial charge is 0.393 e. The Labute approximate surface area is 110 Å². The molecule has 3 heteroatoms. The zero-order valence-corrected chi connectivity index (χ0v) is 11.6. The van der Waals surface area contributed by atoms with E-state index in [0.29, 0.717) is 12.0 Å². The van der Waals surface area contributed by atoms with Crippen molar-refractivity contribution >= 4 is 0 Å². The molecule has 0 bridgehead atoms. The van der Waals surface area contributed by atoms with Gasteiger partial charge in [-0.15, -0.1) is 0 Å². The smallest absolute Gasteiger partial charge is 0.0710 e. The SMILES string of the molecule is CN(CC1CC(O)C1)CC1CCC2(CCCC2)O1. The van der Waals surface area contributed by atoms with Crippen molar-refractivity contribution in [2.75, 3.05) is 20.1 Å². The second-order valence-corrected chi connectivity index (χ2v) is 6.88. The van der Waals surface area contributed by atoms with E-state index < -0.39 is 0 Å². The quantitative estimate of drug-likeness (QED) is 0.833. The molecule has 3 nitrogen and oxygen atoms in total. The van der Waals surface area contributed by atoms with Gasteiger partial charge in [-0.05, 0) is 51.5 Å². The highest BCUT2D eigenvalue weighted by Gasteiger charge is 2.42. The summed E-state index contributed by atoms with van der Waals surface area (Å²) in [6.07, 6.45) is 10.3. The lowest BCUT2D eigenvalue weighted by Gasteiger charge is -2.35. The summed E-state index contributed by atoms with van der Waals surface area (Å²) in [4.78, 5) is 2.41. The van der Waals surface area contributed by atoms with Crippen molar-refractivity contribution in [3.8, 4) is 0 Å². The number of aliphatic hydroxyl groups excluding tert-OH is 1. The van der Waals surface area contributed by atoms with E-state index >= 15 is 0 Å². The minimum Gasteiger partial charge on any atom is -0.393 e. The molecule has 1 spiro atoms. The Balaban J connectivity index is 1.40. The second kappa shape index (κ2) is 5.10. The maximum atomic E-state index is 9.31. The summed E-state index contributed by atoms with van der Waals surface area (Å²) in [7, 11) is 2.20. The Kier molecular flexibility index (Phi) is 3.65. The summed E-state index contributed by atoms with van der Waals surface area (Å²) in [6.45, 7) is 2.21. The van der Waals surface area contributed by atoms with Crippen LogP contribution in [-0.4, -0.2) is 48.0 Å². The van der Waals surface area contributed by atoms with Gasteiger partial charge in [-0.25, -0.2) is 0 Å². The van der Waals surface area contributed by atoms with E-state index in [9.17, 15) is 5.11 Å². The summed E-state index contributed by atoms with van der Waals surface area (Å²) >= 11 is 0. The number of hydrogen-bond donors (Lipinski definition) is 1. The molecule has 1 N–H and O–H groups in total. The van der Waals surface area contributed by atoms with E-state index in [1.807, 2.05) is 0 Å². The van der Waals surface area contributed by atoms with Crippen LogP contribution in [0, 0.1) is 5.92 Å². The fourth-order valence-corrected chi connectivity index (χ4v) is 4.12. The van der Waals surface area contributed by atoms with Crippen LogP contribution in [-0.2, 0) is 4.74 Å².